The standard InChI is InChI=1S/C17H11Cl2FN2O4/c1-2-25-17(24)26-12-8-22(14-10(18)4-3-5-11(14)20)16-9(15(12)23)6-7-13(19)21-16/h3-8H,2H2,1H3. The van der Waals surface area contributed by atoms with Gasteiger partial charge in [0, 0.05) is 0 Å². The van der Waals surface area contributed by atoms with Crippen molar-refractivity contribution >= 4 is 40.4 Å². The van der Waals surface area contributed by atoms with E-state index in [0.717, 1.165) is 6.20 Å². The minimum Gasteiger partial charge on any atom is -0.434 e. The lowest BCUT2D eigenvalue weighted by atomic mass is 10.2. The third kappa shape index (κ3) is 3.36. The summed E-state index contributed by atoms with van der Waals surface area (Å²) in [7, 11) is 0. The van der Waals surface area contributed by atoms with E-state index in [9.17, 15) is 14.0 Å². The molecule has 0 unspecified atom stereocenters. The van der Waals surface area contributed by atoms with E-state index in [1.807, 2.05) is 0 Å². The molecule has 0 radical (unpaired) electrons. The van der Waals surface area contributed by atoms with Crippen LogP contribution in [0.5, 0.6) is 5.75 Å². The van der Waals surface area contributed by atoms with Crippen LogP contribution in [0.2, 0.25) is 10.2 Å². The highest BCUT2D eigenvalue weighted by Gasteiger charge is 2.19. The number of aromatic nitrogens is 2. The van der Waals surface area contributed by atoms with E-state index in [1.54, 1.807) is 6.92 Å². The number of hydrogen-bond donors (Lipinski definition) is 0. The smallest absolute Gasteiger partial charge is 0.434 e. The van der Waals surface area contributed by atoms with Gasteiger partial charge < -0.3 is 9.47 Å². The molecule has 1 aromatic carbocycles. The lowest BCUT2D eigenvalue weighted by Crippen LogP contribution is -2.19. The van der Waals surface area contributed by atoms with Gasteiger partial charge in [-0.1, -0.05) is 29.3 Å². The van der Waals surface area contributed by atoms with Gasteiger partial charge in [-0.2, -0.15) is 0 Å². The molecular weight excluding hydrogens is 386 g/mol. The summed E-state index contributed by atoms with van der Waals surface area (Å²) in [6, 6.07) is 6.90. The van der Waals surface area contributed by atoms with Gasteiger partial charge in [0.15, 0.2) is 11.4 Å². The van der Waals surface area contributed by atoms with Crippen molar-refractivity contribution in [3.63, 3.8) is 0 Å². The molecule has 2 aromatic heterocycles. The van der Waals surface area contributed by atoms with Crippen molar-refractivity contribution in [2.45, 2.75) is 6.92 Å². The van der Waals surface area contributed by atoms with Gasteiger partial charge in [0.05, 0.1) is 23.2 Å². The van der Waals surface area contributed by atoms with Crippen LogP contribution in [0.25, 0.3) is 16.7 Å². The van der Waals surface area contributed by atoms with Crippen LogP contribution < -0.4 is 10.2 Å². The van der Waals surface area contributed by atoms with Crippen LogP contribution >= 0.6 is 23.2 Å². The van der Waals surface area contributed by atoms with Crippen LogP contribution in [0.15, 0.2) is 41.3 Å². The first-order chi connectivity index (χ1) is 12.4. The molecule has 0 spiro atoms. The molecule has 9 heteroatoms. The van der Waals surface area contributed by atoms with E-state index in [-0.39, 0.29) is 39.3 Å². The lowest BCUT2D eigenvalue weighted by molar-refractivity contribution is 0.104. The molecule has 0 saturated heterocycles. The summed E-state index contributed by atoms with van der Waals surface area (Å²) < 4.78 is 25.2. The Morgan fingerprint density at radius 1 is 1.27 bits per heavy atom. The third-order valence-corrected chi connectivity index (χ3v) is 3.93. The zero-order chi connectivity index (χ0) is 18.8. The van der Waals surface area contributed by atoms with Gasteiger partial charge in [-0.25, -0.2) is 14.2 Å². The number of halogens is 3. The topological polar surface area (TPSA) is 70.4 Å². The van der Waals surface area contributed by atoms with Gasteiger partial charge in [0.25, 0.3) is 0 Å². The minimum absolute atomic E-state index is 0.0608. The van der Waals surface area contributed by atoms with Crippen molar-refractivity contribution in [2.24, 2.45) is 0 Å². The van der Waals surface area contributed by atoms with Gasteiger partial charge in [0.2, 0.25) is 5.43 Å². The lowest BCUT2D eigenvalue weighted by Gasteiger charge is -2.14. The maximum Gasteiger partial charge on any atom is 0.514 e. The summed E-state index contributed by atoms with van der Waals surface area (Å²) in [5, 5.41) is 0.228. The Labute approximate surface area is 156 Å². The van der Waals surface area contributed by atoms with Crippen molar-refractivity contribution in [2.75, 3.05) is 6.61 Å². The first-order valence-corrected chi connectivity index (χ1v) is 8.19. The predicted molar refractivity (Wildman–Crippen MR) is 95.0 cm³/mol. The molecule has 3 rings (SSSR count). The summed E-state index contributed by atoms with van der Waals surface area (Å²) in [6.45, 7) is 1.65. The minimum atomic E-state index is -1.06. The van der Waals surface area contributed by atoms with E-state index < -0.39 is 17.4 Å². The number of benzene rings is 1. The molecule has 0 saturated carbocycles. The molecule has 0 aliphatic carbocycles. The van der Waals surface area contributed by atoms with E-state index >= 15 is 0 Å². The maximum absolute atomic E-state index is 14.4. The Kier molecular flexibility index (Phi) is 5.11. The number of nitrogens with zero attached hydrogens (tertiary/aromatic N) is 2. The molecule has 3 aromatic rings. The highest BCUT2D eigenvalue weighted by Crippen LogP contribution is 2.28. The number of carbonyl (C=O) groups excluding carboxylic acids is 1. The van der Waals surface area contributed by atoms with Gasteiger partial charge in [-0.05, 0) is 31.2 Å². The number of rotatable bonds is 3. The van der Waals surface area contributed by atoms with Gasteiger partial charge >= 0.3 is 6.16 Å². The molecule has 0 atom stereocenters. The zero-order valence-corrected chi connectivity index (χ0v) is 14.8. The van der Waals surface area contributed by atoms with Crippen molar-refractivity contribution in [3.8, 4) is 11.4 Å². The van der Waals surface area contributed by atoms with Crippen LogP contribution in [0.4, 0.5) is 9.18 Å². The fraction of sp³-hybridized carbons (Fsp3) is 0.118. The number of ether oxygens (including phenoxy) is 2. The average Bonchev–Trinajstić information content (AvgIpc) is 2.58. The second kappa shape index (κ2) is 7.31. The highest BCUT2D eigenvalue weighted by atomic mass is 35.5. The average molecular weight is 397 g/mol. The van der Waals surface area contributed by atoms with Crippen LogP contribution in [0.3, 0.4) is 0 Å². The Bertz CT molecular complexity index is 1050. The summed E-state index contributed by atoms with van der Waals surface area (Å²) in [5.74, 6) is -1.02. The molecule has 0 N–H and O–H groups in total. The van der Waals surface area contributed by atoms with Crippen LogP contribution in [-0.2, 0) is 4.74 Å². The second-order valence-corrected chi connectivity index (χ2v) is 5.85. The Morgan fingerprint density at radius 3 is 2.73 bits per heavy atom. The number of pyridine rings is 2. The largest absolute Gasteiger partial charge is 0.514 e. The fourth-order valence-electron chi connectivity index (χ4n) is 2.36. The quantitative estimate of drug-likeness (QED) is 0.485. The Balaban J connectivity index is 2.33. The number of carbonyl (C=O) groups is 1. The molecule has 0 amide bonds. The van der Waals surface area contributed by atoms with E-state index in [1.165, 1.54) is 34.9 Å². The van der Waals surface area contributed by atoms with Crippen molar-refractivity contribution in [1.82, 2.24) is 9.55 Å². The second-order valence-electron chi connectivity index (χ2n) is 5.05. The zero-order valence-electron chi connectivity index (χ0n) is 13.3. The van der Waals surface area contributed by atoms with Crippen LogP contribution in [0.1, 0.15) is 6.92 Å². The predicted octanol–water partition coefficient (Wildman–Crippen LogP) is 4.37. The first kappa shape index (κ1) is 18.2. The molecular formula is C17H11Cl2FN2O4. The van der Waals surface area contributed by atoms with E-state index in [2.05, 4.69) is 9.72 Å². The van der Waals surface area contributed by atoms with E-state index in [4.69, 9.17) is 27.9 Å². The Hall–Kier alpha value is -2.64. The van der Waals surface area contributed by atoms with Crippen LogP contribution in [-0.4, -0.2) is 22.3 Å². The van der Waals surface area contributed by atoms with Gasteiger partial charge in [-0.3, -0.25) is 9.36 Å². The molecule has 0 fully saturated rings. The summed E-state index contributed by atoms with van der Waals surface area (Å²) in [5.41, 5.74) is -0.630. The number of hydrogen-bond acceptors (Lipinski definition) is 5. The normalized spacial score (nSPS) is 10.8. The molecule has 0 bridgehead atoms. The Morgan fingerprint density at radius 2 is 2.04 bits per heavy atom. The number of fused-ring (bicyclic) bond motifs is 1. The summed E-state index contributed by atoms with van der Waals surface area (Å²) in [6.07, 6.45) is 0.0620. The maximum atomic E-state index is 14.4. The van der Waals surface area contributed by atoms with E-state index in [0.29, 0.717) is 0 Å². The van der Waals surface area contributed by atoms with Gasteiger partial charge in [0.1, 0.15) is 16.7 Å². The third-order valence-electron chi connectivity index (χ3n) is 3.42. The molecule has 134 valence electrons. The molecule has 26 heavy (non-hydrogen) atoms. The summed E-state index contributed by atoms with van der Waals surface area (Å²) >= 11 is 12.0. The van der Waals surface area contributed by atoms with Crippen LogP contribution in [0, 0.1) is 5.82 Å². The molecule has 2 heterocycles. The fourth-order valence-corrected chi connectivity index (χ4v) is 2.75. The SMILES string of the molecule is CCOC(=O)Oc1cn(-c2c(F)cccc2Cl)c2nc(Cl)ccc2c1=O. The first-order valence-electron chi connectivity index (χ1n) is 7.43. The molecule has 6 nitrogen and oxygen atoms in total. The van der Waals surface area contributed by atoms with Crippen molar-refractivity contribution < 1.29 is 18.7 Å². The number of para-hydroxylation sites is 1. The monoisotopic (exact) mass is 396 g/mol. The molecule has 0 aliphatic rings. The summed E-state index contributed by atoms with van der Waals surface area (Å²) in [4.78, 5) is 28.3. The van der Waals surface area contributed by atoms with Crippen molar-refractivity contribution in [3.05, 3.63) is 62.7 Å². The molecule has 0 aliphatic heterocycles. The highest BCUT2D eigenvalue weighted by molar-refractivity contribution is 6.32. The van der Waals surface area contributed by atoms with Crippen molar-refractivity contribution in [1.29, 1.82) is 0 Å². The van der Waals surface area contributed by atoms with Gasteiger partial charge in [-0.15, -0.1) is 0 Å².